The predicted octanol–water partition coefficient (Wildman–Crippen LogP) is 2.97. The zero-order chi connectivity index (χ0) is 14.5. The molecule has 0 saturated heterocycles. The molecule has 1 amide bonds. The van der Waals surface area contributed by atoms with Gasteiger partial charge in [0.15, 0.2) is 0 Å². The van der Waals surface area contributed by atoms with Gasteiger partial charge in [0, 0.05) is 25.2 Å². The molecular weight excluding hydrogens is 252 g/mol. The first-order valence-corrected chi connectivity index (χ1v) is 6.88. The molecule has 4 heteroatoms. The van der Waals surface area contributed by atoms with Crippen LogP contribution in [0.4, 0.5) is 5.69 Å². The zero-order valence-electron chi connectivity index (χ0n) is 11.9. The van der Waals surface area contributed by atoms with Gasteiger partial charge in [-0.1, -0.05) is 19.1 Å². The van der Waals surface area contributed by atoms with Gasteiger partial charge in [-0.2, -0.15) is 0 Å². The van der Waals surface area contributed by atoms with Crippen LogP contribution >= 0.6 is 0 Å². The van der Waals surface area contributed by atoms with Crippen LogP contribution in [0.5, 0.6) is 0 Å². The number of carbonyl (C=O) groups excluding carboxylic acids is 1. The topological polar surface area (TPSA) is 59.5 Å². The van der Waals surface area contributed by atoms with Gasteiger partial charge in [-0.05, 0) is 30.7 Å². The first kappa shape index (κ1) is 14.3. The summed E-state index contributed by atoms with van der Waals surface area (Å²) in [7, 11) is 0. The summed E-state index contributed by atoms with van der Waals surface area (Å²) in [6.07, 6.45) is 2.27. The molecular formula is C16H20N2O2. The molecule has 1 aromatic carbocycles. The molecule has 0 aliphatic heterocycles. The van der Waals surface area contributed by atoms with Crippen LogP contribution in [0, 0.1) is 0 Å². The molecule has 0 spiro atoms. The van der Waals surface area contributed by atoms with Crippen LogP contribution in [0.25, 0.3) is 0 Å². The zero-order valence-corrected chi connectivity index (χ0v) is 11.9. The number of hydrogen-bond donors (Lipinski definition) is 1. The molecule has 0 radical (unpaired) electrons. The third kappa shape index (κ3) is 2.75. The number of hydrogen-bond acceptors (Lipinski definition) is 3. The van der Waals surface area contributed by atoms with Gasteiger partial charge in [-0.3, -0.25) is 4.79 Å². The highest BCUT2D eigenvalue weighted by Gasteiger charge is 2.20. The van der Waals surface area contributed by atoms with Crippen molar-refractivity contribution in [3.63, 3.8) is 0 Å². The summed E-state index contributed by atoms with van der Waals surface area (Å²) >= 11 is 0. The number of furan rings is 1. The lowest BCUT2D eigenvalue weighted by Crippen LogP contribution is -2.30. The fourth-order valence-electron chi connectivity index (χ4n) is 2.21. The molecule has 0 atom stereocenters. The highest BCUT2D eigenvalue weighted by atomic mass is 16.3. The van der Waals surface area contributed by atoms with Crippen LogP contribution in [0.2, 0.25) is 0 Å². The Morgan fingerprint density at radius 3 is 2.45 bits per heavy atom. The largest absolute Gasteiger partial charge is 0.469 e. The van der Waals surface area contributed by atoms with E-state index in [1.807, 2.05) is 38.1 Å². The van der Waals surface area contributed by atoms with Crippen molar-refractivity contribution in [3.05, 3.63) is 53.5 Å². The van der Waals surface area contributed by atoms with E-state index in [0.29, 0.717) is 25.1 Å². The van der Waals surface area contributed by atoms with Crippen LogP contribution in [-0.4, -0.2) is 12.5 Å². The lowest BCUT2D eigenvalue weighted by molar-refractivity contribution is 0.0986. The Kier molecular flexibility index (Phi) is 4.58. The van der Waals surface area contributed by atoms with Crippen LogP contribution in [0.1, 0.15) is 35.5 Å². The number of amides is 1. The molecule has 0 aliphatic carbocycles. The van der Waals surface area contributed by atoms with E-state index in [1.165, 1.54) is 0 Å². The summed E-state index contributed by atoms with van der Waals surface area (Å²) in [6.45, 7) is 5.04. The van der Waals surface area contributed by atoms with E-state index in [2.05, 4.69) is 0 Å². The number of aryl methyl sites for hydroxylation is 1. The highest BCUT2D eigenvalue weighted by molar-refractivity contribution is 6.06. The Morgan fingerprint density at radius 1 is 1.20 bits per heavy atom. The van der Waals surface area contributed by atoms with Crippen molar-refractivity contribution in [3.8, 4) is 0 Å². The number of anilines is 1. The number of nitrogens with two attached hydrogens (primary N) is 1. The Morgan fingerprint density at radius 2 is 1.90 bits per heavy atom. The number of nitrogens with zero attached hydrogens (tertiary/aromatic N) is 1. The molecule has 1 aromatic heterocycles. The van der Waals surface area contributed by atoms with E-state index in [-0.39, 0.29) is 5.91 Å². The third-order valence-electron chi connectivity index (χ3n) is 3.34. The van der Waals surface area contributed by atoms with E-state index >= 15 is 0 Å². The number of rotatable bonds is 5. The minimum atomic E-state index is -0.0291. The van der Waals surface area contributed by atoms with E-state index < -0.39 is 0 Å². The average molecular weight is 272 g/mol. The third-order valence-corrected chi connectivity index (χ3v) is 3.34. The summed E-state index contributed by atoms with van der Waals surface area (Å²) in [5.41, 5.74) is 8.15. The quantitative estimate of drug-likeness (QED) is 0.910. The van der Waals surface area contributed by atoms with Gasteiger partial charge in [0.05, 0.1) is 11.8 Å². The second kappa shape index (κ2) is 6.39. The molecule has 4 nitrogen and oxygen atoms in total. The maximum Gasteiger partial charge on any atom is 0.261 e. The summed E-state index contributed by atoms with van der Waals surface area (Å²) in [5.74, 6) is 0.700. The molecule has 0 fully saturated rings. The van der Waals surface area contributed by atoms with Crippen molar-refractivity contribution in [2.75, 3.05) is 11.4 Å². The SMILES string of the molecule is CCc1occc1C(=O)N(CC)c1ccc(CN)cc1. The fraction of sp³-hybridized carbons (Fsp3) is 0.312. The fourth-order valence-corrected chi connectivity index (χ4v) is 2.21. The molecule has 1 heterocycles. The smallest absolute Gasteiger partial charge is 0.261 e. The normalized spacial score (nSPS) is 10.6. The van der Waals surface area contributed by atoms with E-state index in [1.54, 1.807) is 17.2 Å². The second-order valence-corrected chi connectivity index (χ2v) is 4.53. The summed E-state index contributed by atoms with van der Waals surface area (Å²) < 4.78 is 5.34. The first-order valence-electron chi connectivity index (χ1n) is 6.88. The van der Waals surface area contributed by atoms with Gasteiger partial charge >= 0.3 is 0 Å². The van der Waals surface area contributed by atoms with Crippen molar-refractivity contribution < 1.29 is 9.21 Å². The molecule has 20 heavy (non-hydrogen) atoms. The summed E-state index contributed by atoms with van der Waals surface area (Å²) in [5, 5.41) is 0. The van der Waals surface area contributed by atoms with Crippen molar-refractivity contribution in [2.24, 2.45) is 5.73 Å². The maximum atomic E-state index is 12.6. The van der Waals surface area contributed by atoms with E-state index in [4.69, 9.17) is 10.2 Å². The molecule has 0 unspecified atom stereocenters. The van der Waals surface area contributed by atoms with Crippen LogP contribution in [-0.2, 0) is 13.0 Å². The van der Waals surface area contributed by atoms with Gasteiger partial charge in [0.1, 0.15) is 5.76 Å². The lowest BCUT2D eigenvalue weighted by Gasteiger charge is -2.21. The van der Waals surface area contributed by atoms with Gasteiger partial charge in [-0.15, -0.1) is 0 Å². The van der Waals surface area contributed by atoms with Crippen molar-refractivity contribution in [1.29, 1.82) is 0 Å². The molecule has 106 valence electrons. The molecule has 0 bridgehead atoms. The van der Waals surface area contributed by atoms with Crippen molar-refractivity contribution >= 4 is 11.6 Å². The molecule has 2 rings (SSSR count). The van der Waals surface area contributed by atoms with Gasteiger partial charge < -0.3 is 15.1 Å². The Balaban J connectivity index is 2.29. The highest BCUT2D eigenvalue weighted by Crippen LogP contribution is 2.20. The minimum Gasteiger partial charge on any atom is -0.469 e. The Bertz CT molecular complexity index is 572. The molecule has 2 aromatic rings. The molecule has 2 N–H and O–H groups in total. The van der Waals surface area contributed by atoms with Crippen LogP contribution < -0.4 is 10.6 Å². The number of carbonyl (C=O) groups is 1. The molecule has 0 saturated carbocycles. The standard InChI is InChI=1S/C16H20N2O2/c1-3-15-14(9-10-20-15)16(19)18(4-2)13-7-5-12(11-17)6-8-13/h5-10H,3-4,11,17H2,1-2H3. The van der Waals surface area contributed by atoms with Crippen LogP contribution in [0.3, 0.4) is 0 Å². The molecule has 0 aliphatic rings. The summed E-state index contributed by atoms with van der Waals surface area (Å²) in [4.78, 5) is 14.4. The van der Waals surface area contributed by atoms with Gasteiger partial charge in [-0.25, -0.2) is 0 Å². The second-order valence-electron chi connectivity index (χ2n) is 4.53. The van der Waals surface area contributed by atoms with E-state index in [9.17, 15) is 4.79 Å². The lowest BCUT2D eigenvalue weighted by atomic mass is 10.1. The predicted molar refractivity (Wildman–Crippen MR) is 79.8 cm³/mol. The van der Waals surface area contributed by atoms with Gasteiger partial charge in [0.25, 0.3) is 5.91 Å². The monoisotopic (exact) mass is 272 g/mol. The maximum absolute atomic E-state index is 12.6. The Hall–Kier alpha value is -2.07. The van der Waals surface area contributed by atoms with Gasteiger partial charge in [0.2, 0.25) is 0 Å². The summed E-state index contributed by atoms with van der Waals surface area (Å²) in [6, 6.07) is 9.48. The van der Waals surface area contributed by atoms with Crippen molar-refractivity contribution in [1.82, 2.24) is 0 Å². The van der Waals surface area contributed by atoms with E-state index in [0.717, 1.165) is 17.0 Å². The first-order chi connectivity index (χ1) is 9.71. The Labute approximate surface area is 119 Å². The number of benzene rings is 1. The van der Waals surface area contributed by atoms with Crippen molar-refractivity contribution in [2.45, 2.75) is 26.8 Å². The average Bonchev–Trinajstić information content (AvgIpc) is 2.97. The van der Waals surface area contributed by atoms with Crippen LogP contribution in [0.15, 0.2) is 41.0 Å². The minimum absolute atomic E-state index is 0.0291.